The summed E-state index contributed by atoms with van der Waals surface area (Å²) < 4.78 is 11.3. The van der Waals surface area contributed by atoms with Crippen molar-refractivity contribution >= 4 is 11.9 Å². The molecule has 3 saturated carbocycles. The van der Waals surface area contributed by atoms with Crippen LogP contribution in [-0.4, -0.2) is 25.2 Å². The summed E-state index contributed by atoms with van der Waals surface area (Å²) in [6.45, 7) is 12.6. The summed E-state index contributed by atoms with van der Waals surface area (Å²) in [6, 6.07) is 0. The summed E-state index contributed by atoms with van der Waals surface area (Å²) in [7, 11) is 0. The molecule has 0 aliphatic heterocycles. The Morgan fingerprint density at radius 2 is 1.31 bits per heavy atom. The lowest BCUT2D eigenvalue weighted by Crippen LogP contribution is -2.33. The molecule has 148 valence electrons. The van der Waals surface area contributed by atoms with Crippen LogP contribution in [0, 0.1) is 46.3 Å². The molecule has 3 aliphatic carbocycles. The van der Waals surface area contributed by atoms with Gasteiger partial charge in [0.05, 0.1) is 24.0 Å². The van der Waals surface area contributed by atoms with Gasteiger partial charge in [-0.1, -0.05) is 0 Å². The summed E-state index contributed by atoms with van der Waals surface area (Å²) in [5.41, 5.74) is -0.843. The molecule has 0 radical (unpaired) electrons. The van der Waals surface area contributed by atoms with Crippen LogP contribution in [0.2, 0.25) is 0 Å². The van der Waals surface area contributed by atoms with E-state index < -0.39 is 10.8 Å². The third kappa shape index (κ3) is 3.80. The van der Waals surface area contributed by atoms with Crippen molar-refractivity contribution in [3.8, 4) is 0 Å². The highest BCUT2D eigenvalue weighted by Crippen LogP contribution is 2.62. The van der Waals surface area contributed by atoms with Crippen LogP contribution in [-0.2, 0) is 19.1 Å². The highest BCUT2D eigenvalue weighted by atomic mass is 16.5. The first-order chi connectivity index (χ1) is 12.0. The second kappa shape index (κ2) is 6.83. The molecule has 0 aromatic carbocycles. The van der Waals surface area contributed by atoms with Gasteiger partial charge in [-0.15, -0.1) is 0 Å². The van der Waals surface area contributed by atoms with Gasteiger partial charge in [0, 0.05) is 0 Å². The maximum Gasteiger partial charge on any atom is 0.311 e. The first-order valence-corrected chi connectivity index (χ1v) is 10.3. The number of hydrogen-bond donors (Lipinski definition) is 0. The Bertz CT molecular complexity index is 553. The van der Waals surface area contributed by atoms with Crippen LogP contribution in [0.3, 0.4) is 0 Å². The van der Waals surface area contributed by atoms with Gasteiger partial charge in [-0.25, -0.2) is 0 Å². The van der Waals surface area contributed by atoms with Crippen molar-refractivity contribution in [2.75, 3.05) is 13.2 Å². The van der Waals surface area contributed by atoms with Crippen molar-refractivity contribution in [1.29, 1.82) is 0 Å². The number of fused-ring (bicyclic) bond motifs is 5. The largest absolute Gasteiger partial charge is 0.465 e. The molecule has 0 spiro atoms. The molecule has 4 nitrogen and oxygen atoms in total. The molecule has 0 amide bonds. The smallest absolute Gasteiger partial charge is 0.311 e. The molecular formula is C22H36O4. The van der Waals surface area contributed by atoms with Gasteiger partial charge in [0.15, 0.2) is 0 Å². The van der Waals surface area contributed by atoms with E-state index in [1.165, 1.54) is 25.7 Å². The summed E-state index contributed by atoms with van der Waals surface area (Å²) >= 11 is 0. The molecule has 0 aromatic rings. The van der Waals surface area contributed by atoms with Gasteiger partial charge >= 0.3 is 11.9 Å². The van der Waals surface area contributed by atoms with Crippen LogP contribution >= 0.6 is 0 Å². The zero-order valence-electron chi connectivity index (χ0n) is 17.3. The molecule has 0 aromatic heterocycles. The van der Waals surface area contributed by atoms with E-state index in [2.05, 4.69) is 0 Å². The van der Waals surface area contributed by atoms with E-state index in [-0.39, 0.29) is 11.9 Å². The van der Waals surface area contributed by atoms with E-state index in [1.54, 1.807) is 0 Å². The average molecular weight is 365 g/mol. The second-order valence-electron chi connectivity index (χ2n) is 10.9. The maximum absolute atomic E-state index is 12.1. The van der Waals surface area contributed by atoms with Gasteiger partial charge in [0.2, 0.25) is 0 Å². The van der Waals surface area contributed by atoms with Crippen LogP contribution in [0.15, 0.2) is 0 Å². The summed E-state index contributed by atoms with van der Waals surface area (Å²) in [5, 5.41) is 0. The summed E-state index contributed by atoms with van der Waals surface area (Å²) in [6.07, 6.45) is 4.87. The number of rotatable bonds is 4. The predicted molar refractivity (Wildman–Crippen MR) is 100 cm³/mol. The molecule has 6 unspecified atom stereocenters. The maximum atomic E-state index is 12.1. The fraction of sp³-hybridized carbons (Fsp3) is 0.909. The monoisotopic (exact) mass is 364 g/mol. The lowest BCUT2D eigenvalue weighted by molar-refractivity contribution is -0.155. The fourth-order valence-electron chi connectivity index (χ4n) is 5.60. The Hall–Kier alpha value is -1.06. The lowest BCUT2D eigenvalue weighted by Gasteiger charge is -2.34. The predicted octanol–water partition coefficient (Wildman–Crippen LogP) is 4.46. The normalized spacial score (nSPS) is 36.1. The third-order valence-corrected chi connectivity index (χ3v) is 6.87. The van der Waals surface area contributed by atoms with Crippen molar-refractivity contribution in [1.82, 2.24) is 0 Å². The molecule has 26 heavy (non-hydrogen) atoms. The van der Waals surface area contributed by atoms with E-state index >= 15 is 0 Å². The van der Waals surface area contributed by atoms with Crippen LogP contribution in [0.25, 0.3) is 0 Å². The summed E-state index contributed by atoms with van der Waals surface area (Å²) in [5.74, 6) is 3.76. The number of hydrogen-bond acceptors (Lipinski definition) is 4. The van der Waals surface area contributed by atoms with Crippen molar-refractivity contribution in [2.24, 2.45) is 46.3 Å². The molecular weight excluding hydrogens is 328 g/mol. The van der Waals surface area contributed by atoms with Gasteiger partial charge in [0.25, 0.3) is 0 Å². The van der Waals surface area contributed by atoms with Gasteiger partial charge in [-0.2, -0.15) is 0 Å². The van der Waals surface area contributed by atoms with E-state index in [9.17, 15) is 9.59 Å². The average Bonchev–Trinajstić information content (AvgIpc) is 3.19. The quantitative estimate of drug-likeness (QED) is 0.691. The second-order valence-corrected chi connectivity index (χ2v) is 10.9. The van der Waals surface area contributed by atoms with Gasteiger partial charge < -0.3 is 9.47 Å². The zero-order chi connectivity index (χ0) is 19.3. The van der Waals surface area contributed by atoms with E-state index in [1.807, 2.05) is 41.5 Å². The fourth-order valence-corrected chi connectivity index (χ4v) is 5.60. The Labute approximate surface area is 158 Å². The number of ether oxygens (including phenoxy) is 2. The minimum Gasteiger partial charge on any atom is -0.465 e. The standard InChI is InChI=1S/C22H36O4/c1-21(2,3)19(23)25-11-13-7-8-16-17-10-14(18(13)16)9-15(17)12-26-20(24)22(4,5)6/h13-18H,7-12H2,1-6H3. The topological polar surface area (TPSA) is 52.6 Å². The Kier molecular flexibility index (Phi) is 5.18. The molecule has 3 fully saturated rings. The van der Waals surface area contributed by atoms with Gasteiger partial charge in [-0.05, 0) is 103 Å². The molecule has 4 heteroatoms. The van der Waals surface area contributed by atoms with Crippen molar-refractivity contribution in [2.45, 2.75) is 67.2 Å². The molecule has 3 aliphatic rings. The zero-order valence-corrected chi connectivity index (χ0v) is 17.3. The third-order valence-electron chi connectivity index (χ3n) is 6.87. The van der Waals surface area contributed by atoms with E-state index in [4.69, 9.17) is 9.47 Å². The first-order valence-electron chi connectivity index (χ1n) is 10.3. The molecule has 2 bridgehead atoms. The highest BCUT2D eigenvalue weighted by Gasteiger charge is 2.57. The summed E-state index contributed by atoms with van der Waals surface area (Å²) in [4.78, 5) is 24.2. The van der Waals surface area contributed by atoms with E-state index in [0.29, 0.717) is 36.9 Å². The molecule has 6 atom stereocenters. The number of carbonyl (C=O) groups excluding carboxylic acids is 2. The Balaban J connectivity index is 1.52. The van der Waals surface area contributed by atoms with Crippen molar-refractivity contribution in [3.05, 3.63) is 0 Å². The Morgan fingerprint density at radius 1 is 0.769 bits per heavy atom. The van der Waals surface area contributed by atoms with Crippen LogP contribution in [0.1, 0.15) is 67.2 Å². The van der Waals surface area contributed by atoms with Crippen LogP contribution in [0.5, 0.6) is 0 Å². The van der Waals surface area contributed by atoms with E-state index in [0.717, 1.165) is 11.8 Å². The SMILES string of the molecule is CC(C)(C)C(=O)OCC1CC2CC1C1CCC(COC(=O)C(C)(C)C)C21. The Morgan fingerprint density at radius 3 is 1.85 bits per heavy atom. The number of carbonyl (C=O) groups is 2. The van der Waals surface area contributed by atoms with Crippen molar-refractivity contribution in [3.63, 3.8) is 0 Å². The molecule has 0 N–H and O–H groups in total. The highest BCUT2D eigenvalue weighted by molar-refractivity contribution is 5.75. The van der Waals surface area contributed by atoms with Crippen LogP contribution < -0.4 is 0 Å². The number of esters is 2. The van der Waals surface area contributed by atoms with Crippen molar-refractivity contribution < 1.29 is 19.1 Å². The van der Waals surface area contributed by atoms with Gasteiger partial charge in [-0.3, -0.25) is 9.59 Å². The molecule has 0 heterocycles. The minimum absolute atomic E-state index is 0.0870. The minimum atomic E-state index is -0.422. The molecule has 3 rings (SSSR count). The first kappa shape index (κ1) is 19.7. The van der Waals surface area contributed by atoms with Gasteiger partial charge in [0.1, 0.15) is 0 Å². The van der Waals surface area contributed by atoms with Crippen LogP contribution in [0.4, 0.5) is 0 Å². The molecule has 0 saturated heterocycles. The lowest BCUT2D eigenvalue weighted by atomic mass is 9.73.